The van der Waals surface area contributed by atoms with Gasteiger partial charge in [-0.2, -0.15) is 0 Å². The van der Waals surface area contributed by atoms with E-state index in [1.807, 2.05) is 25.1 Å². The van der Waals surface area contributed by atoms with Gasteiger partial charge in [0.2, 0.25) is 11.8 Å². The molecule has 1 aromatic heterocycles. The average Bonchev–Trinajstić information content (AvgIpc) is 3.12. The van der Waals surface area contributed by atoms with Gasteiger partial charge in [0.05, 0.1) is 43.1 Å². The average molecular weight is 707 g/mol. The number of rotatable bonds is 11. The Labute approximate surface area is 294 Å². The number of carbonyl (C=O) groups excluding carboxylic acids is 3. The zero-order valence-electron chi connectivity index (χ0n) is 27.6. The van der Waals surface area contributed by atoms with Gasteiger partial charge in [0.1, 0.15) is 23.6 Å². The molecule has 1 aliphatic rings. The number of hydrogen-bond acceptors (Lipinski definition) is 8. The number of anilines is 2. The van der Waals surface area contributed by atoms with Gasteiger partial charge in [0, 0.05) is 60.6 Å². The van der Waals surface area contributed by atoms with Crippen molar-refractivity contribution >= 4 is 69.3 Å². The second kappa shape index (κ2) is 16.0. The fraction of sp³-hybridized carbons (Fsp3) is 0.278. The van der Waals surface area contributed by atoms with Crippen LogP contribution in [0.4, 0.5) is 11.4 Å². The maximum Gasteiger partial charge on any atom is 0.254 e. The summed E-state index contributed by atoms with van der Waals surface area (Å²) >= 11 is 13.4. The number of morpholine rings is 1. The lowest BCUT2D eigenvalue weighted by Crippen LogP contribution is -2.37. The molecule has 0 atom stereocenters. The van der Waals surface area contributed by atoms with Crippen molar-refractivity contribution in [2.75, 3.05) is 63.9 Å². The van der Waals surface area contributed by atoms with Crippen molar-refractivity contribution in [3.8, 4) is 11.5 Å². The molecule has 0 unspecified atom stereocenters. The molecule has 11 nitrogen and oxygen atoms in total. The summed E-state index contributed by atoms with van der Waals surface area (Å²) in [4.78, 5) is 46.0. The standard InChI is InChI=1S/C36H37Cl2N5O6/c1-22-18-29(43-14-16-48-17-15-43)24-6-5-7-30(35(24)41-22)49-21-26-27(37)11-12-28(34(26)38)42(3)33(45)20-40-32(44)13-9-23-8-10-25(36(46)39-2)31(19-23)47-4/h5-13,18-19H,14-17,20-21H2,1-4H3,(H,39,46)(H,40,44)/b13-9+. The van der Waals surface area contributed by atoms with Crippen LogP contribution in [0.1, 0.15) is 27.2 Å². The second-order valence-corrected chi connectivity index (χ2v) is 12.0. The third kappa shape index (κ3) is 8.25. The van der Waals surface area contributed by atoms with Crippen molar-refractivity contribution in [3.05, 3.63) is 93.1 Å². The molecule has 0 radical (unpaired) electrons. The fourth-order valence-corrected chi connectivity index (χ4v) is 6.02. The first-order chi connectivity index (χ1) is 23.6. The van der Waals surface area contributed by atoms with E-state index in [1.54, 1.807) is 43.5 Å². The number of para-hydroxylation sites is 1. The molecule has 2 heterocycles. The van der Waals surface area contributed by atoms with Crippen LogP contribution in [0.2, 0.25) is 10.0 Å². The predicted molar refractivity (Wildman–Crippen MR) is 192 cm³/mol. The number of likely N-dealkylation sites (N-methyl/N-ethyl adjacent to an activating group) is 1. The van der Waals surface area contributed by atoms with Crippen LogP contribution in [-0.4, -0.2) is 76.8 Å². The SMILES string of the molecule is CNC(=O)c1ccc(/C=C/C(=O)NCC(=O)N(C)c2ccc(Cl)c(COc3cccc4c(N5CCOCC5)cc(C)nc34)c2Cl)cc1OC. The molecule has 1 aliphatic heterocycles. The molecule has 1 fully saturated rings. The van der Waals surface area contributed by atoms with Gasteiger partial charge in [-0.15, -0.1) is 0 Å². The molecule has 4 aromatic rings. The minimum absolute atomic E-state index is 0.0333. The molecule has 0 spiro atoms. The summed E-state index contributed by atoms with van der Waals surface area (Å²) in [7, 11) is 4.55. The van der Waals surface area contributed by atoms with Crippen LogP contribution < -0.4 is 29.9 Å². The summed E-state index contributed by atoms with van der Waals surface area (Å²) in [6.07, 6.45) is 2.85. The highest BCUT2D eigenvalue weighted by Gasteiger charge is 2.21. The fourth-order valence-electron chi connectivity index (χ4n) is 5.42. The van der Waals surface area contributed by atoms with Gasteiger partial charge in [-0.25, -0.2) is 4.98 Å². The van der Waals surface area contributed by atoms with Crippen LogP contribution in [-0.2, 0) is 20.9 Å². The molecule has 3 aromatic carbocycles. The van der Waals surface area contributed by atoms with Crippen LogP contribution in [0.15, 0.2) is 60.7 Å². The zero-order valence-corrected chi connectivity index (χ0v) is 29.2. The highest BCUT2D eigenvalue weighted by Crippen LogP contribution is 2.37. The first-order valence-corrected chi connectivity index (χ1v) is 16.3. The number of amides is 3. The molecule has 0 bridgehead atoms. The number of carbonyl (C=O) groups is 3. The lowest BCUT2D eigenvalue weighted by Gasteiger charge is -2.30. The van der Waals surface area contributed by atoms with Crippen molar-refractivity contribution in [1.29, 1.82) is 0 Å². The van der Waals surface area contributed by atoms with Crippen molar-refractivity contribution in [2.45, 2.75) is 13.5 Å². The van der Waals surface area contributed by atoms with Gasteiger partial charge in [-0.3, -0.25) is 14.4 Å². The molecule has 13 heteroatoms. The van der Waals surface area contributed by atoms with Gasteiger partial charge in [-0.05, 0) is 55.0 Å². The van der Waals surface area contributed by atoms with E-state index in [4.69, 9.17) is 42.4 Å². The molecule has 1 saturated heterocycles. The largest absolute Gasteiger partial charge is 0.496 e. The Morgan fingerprint density at radius 2 is 1.84 bits per heavy atom. The Morgan fingerprint density at radius 3 is 2.57 bits per heavy atom. The smallest absolute Gasteiger partial charge is 0.254 e. The van der Waals surface area contributed by atoms with Crippen LogP contribution in [0, 0.1) is 6.92 Å². The highest BCUT2D eigenvalue weighted by molar-refractivity contribution is 6.38. The summed E-state index contributed by atoms with van der Waals surface area (Å²) in [5.74, 6) is -0.232. The molecule has 0 aliphatic carbocycles. The number of nitrogens with zero attached hydrogens (tertiary/aromatic N) is 3. The van der Waals surface area contributed by atoms with E-state index in [2.05, 4.69) is 21.6 Å². The number of ether oxygens (including phenoxy) is 3. The van der Waals surface area contributed by atoms with Crippen LogP contribution >= 0.6 is 23.2 Å². The normalized spacial score (nSPS) is 13.0. The summed E-state index contributed by atoms with van der Waals surface area (Å²) in [5.41, 5.74) is 4.58. The Morgan fingerprint density at radius 1 is 1.06 bits per heavy atom. The van der Waals surface area contributed by atoms with E-state index in [0.717, 1.165) is 35.4 Å². The molecular weight excluding hydrogens is 669 g/mol. The molecule has 2 N–H and O–H groups in total. The number of halogens is 2. The monoisotopic (exact) mass is 705 g/mol. The van der Waals surface area contributed by atoms with Gasteiger partial charge < -0.3 is 34.6 Å². The summed E-state index contributed by atoms with van der Waals surface area (Å²) < 4.78 is 17.1. The van der Waals surface area contributed by atoms with E-state index in [0.29, 0.717) is 52.1 Å². The van der Waals surface area contributed by atoms with E-state index in [1.165, 1.54) is 25.1 Å². The van der Waals surface area contributed by atoms with Gasteiger partial charge in [0.15, 0.2) is 0 Å². The minimum atomic E-state index is -0.483. The lowest BCUT2D eigenvalue weighted by atomic mass is 10.1. The maximum atomic E-state index is 13.1. The summed E-state index contributed by atoms with van der Waals surface area (Å²) in [6.45, 7) is 4.62. The highest BCUT2D eigenvalue weighted by atomic mass is 35.5. The van der Waals surface area contributed by atoms with Crippen molar-refractivity contribution in [1.82, 2.24) is 15.6 Å². The Balaban J connectivity index is 1.25. The number of nitrogens with one attached hydrogen (secondary N) is 2. The molecular formula is C36H37Cl2N5O6. The number of fused-ring (bicyclic) bond motifs is 1. The van der Waals surface area contributed by atoms with Crippen LogP contribution in [0.25, 0.3) is 17.0 Å². The molecule has 49 heavy (non-hydrogen) atoms. The van der Waals surface area contributed by atoms with Crippen LogP contribution in [0.3, 0.4) is 0 Å². The van der Waals surface area contributed by atoms with E-state index in [-0.39, 0.29) is 24.1 Å². The molecule has 0 saturated carbocycles. The Bertz CT molecular complexity index is 1910. The number of aryl methyl sites for hydroxylation is 1. The number of benzene rings is 3. The third-order valence-electron chi connectivity index (χ3n) is 8.07. The minimum Gasteiger partial charge on any atom is -0.496 e. The van der Waals surface area contributed by atoms with E-state index in [9.17, 15) is 14.4 Å². The Hall–Kier alpha value is -4.84. The lowest BCUT2D eigenvalue weighted by molar-refractivity contribution is -0.122. The molecule has 256 valence electrons. The van der Waals surface area contributed by atoms with Crippen molar-refractivity contribution < 1.29 is 28.6 Å². The van der Waals surface area contributed by atoms with Gasteiger partial charge in [0.25, 0.3) is 5.91 Å². The molecule has 3 amide bonds. The predicted octanol–water partition coefficient (Wildman–Crippen LogP) is 5.43. The first-order valence-electron chi connectivity index (χ1n) is 15.6. The summed E-state index contributed by atoms with van der Waals surface area (Å²) in [5, 5.41) is 6.74. The Kier molecular flexibility index (Phi) is 11.6. The van der Waals surface area contributed by atoms with Gasteiger partial charge in [-0.1, -0.05) is 41.4 Å². The van der Waals surface area contributed by atoms with Crippen LogP contribution in [0.5, 0.6) is 11.5 Å². The molecule has 5 rings (SSSR count). The zero-order chi connectivity index (χ0) is 35.1. The second-order valence-electron chi connectivity index (χ2n) is 11.2. The van der Waals surface area contributed by atoms with Gasteiger partial charge >= 0.3 is 0 Å². The number of aromatic nitrogens is 1. The van der Waals surface area contributed by atoms with Crippen molar-refractivity contribution in [2.24, 2.45) is 0 Å². The first kappa shape index (κ1) is 35.5. The topological polar surface area (TPSA) is 122 Å². The number of methoxy groups -OCH3 is 1. The maximum absolute atomic E-state index is 13.1. The van der Waals surface area contributed by atoms with E-state index < -0.39 is 11.8 Å². The third-order valence-corrected chi connectivity index (χ3v) is 8.85. The summed E-state index contributed by atoms with van der Waals surface area (Å²) in [6, 6.07) is 16.1. The quantitative estimate of drug-likeness (QED) is 0.198. The number of hydrogen-bond donors (Lipinski definition) is 2. The number of pyridine rings is 1. The van der Waals surface area contributed by atoms with E-state index >= 15 is 0 Å². The van der Waals surface area contributed by atoms with Crippen molar-refractivity contribution in [3.63, 3.8) is 0 Å².